The van der Waals surface area contributed by atoms with E-state index in [1.54, 1.807) is 6.20 Å². The number of morpholine rings is 1. The fourth-order valence-electron chi connectivity index (χ4n) is 3.30. The van der Waals surface area contributed by atoms with Gasteiger partial charge in [-0.15, -0.1) is 0 Å². The van der Waals surface area contributed by atoms with Crippen LogP contribution in [0, 0.1) is 0 Å². The van der Waals surface area contributed by atoms with Crippen LogP contribution in [0.4, 0.5) is 5.82 Å². The number of anilines is 1. The molecule has 0 aliphatic carbocycles. The highest BCUT2D eigenvalue weighted by Gasteiger charge is 2.36. The minimum absolute atomic E-state index is 0.0164. The average molecular weight is 297 g/mol. The predicted molar refractivity (Wildman–Crippen MR) is 79.8 cm³/mol. The molecule has 1 aromatic heterocycles. The number of nitrogen functional groups attached to an aromatic ring is 1. The van der Waals surface area contributed by atoms with Crippen LogP contribution in [0.1, 0.15) is 24.4 Å². The monoisotopic (exact) mass is 296 g/mol. The Morgan fingerprint density at radius 1 is 1.60 bits per heavy atom. The Hall–Kier alpha value is -0.880. The number of nitrogens with one attached hydrogen (secondary N) is 1. The van der Waals surface area contributed by atoms with Crippen molar-refractivity contribution in [3.63, 3.8) is 0 Å². The zero-order valence-corrected chi connectivity index (χ0v) is 12.4. The average Bonchev–Trinajstić information content (AvgIpc) is 2.91. The van der Waals surface area contributed by atoms with Gasteiger partial charge in [0.2, 0.25) is 0 Å². The van der Waals surface area contributed by atoms with E-state index < -0.39 is 0 Å². The van der Waals surface area contributed by atoms with Crippen molar-refractivity contribution in [3.05, 3.63) is 22.8 Å². The zero-order valence-electron chi connectivity index (χ0n) is 11.7. The lowest BCUT2D eigenvalue weighted by atomic mass is 10.00. The second-order valence-electron chi connectivity index (χ2n) is 5.56. The van der Waals surface area contributed by atoms with E-state index in [0.29, 0.717) is 16.9 Å². The van der Waals surface area contributed by atoms with E-state index in [1.807, 2.05) is 13.1 Å². The van der Waals surface area contributed by atoms with Crippen LogP contribution >= 0.6 is 11.6 Å². The topological polar surface area (TPSA) is 63.4 Å². The first-order chi connectivity index (χ1) is 9.69. The molecule has 3 rings (SSSR count). The maximum Gasteiger partial charge on any atom is 0.128 e. The second-order valence-corrected chi connectivity index (χ2v) is 5.99. The van der Waals surface area contributed by atoms with Crippen LogP contribution in [0.25, 0.3) is 0 Å². The van der Waals surface area contributed by atoms with Crippen LogP contribution in [-0.2, 0) is 4.74 Å². The summed E-state index contributed by atoms with van der Waals surface area (Å²) in [5, 5.41) is 3.91. The predicted octanol–water partition coefficient (Wildman–Crippen LogP) is 1.44. The Balaban J connectivity index is 1.81. The zero-order chi connectivity index (χ0) is 14.1. The van der Waals surface area contributed by atoms with Crippen molar-refractivity contribution >= 4 is 17.4 Å². The Morgan fingerprint density at radius 2 is 2.45 bits per heavy atom. The largest absolute Gasteiger partial charge is 0.383 e. The molecule has 2 saturated heterocycles. The van der Waals surface area contributed by atoms with Gasteiger partial charge in [-0.05, 0) is 32.5 Å². The summed E-state index contributed by atoms with van der Waals surface area (Å²) in [7, 11) is 1.92. The molecule has 6 heteroatoms. The van der Waals surface area contributed by atoms with Gasteiger partial charge in [0.25, 0.3) is 0 Å². The number of ether oxygens (including phenoxy) is 1. The molecule has 20 heavy (non-hydrogen) atoms. The van der Waals surface area contributed by atoms with Gasteiger partial charge < -0.3 is 15.8 Å². The number of nitrogens with zero attached hydrogens (tertiary/aromatic N) is 2. The van der Waals surface area contributed by atoms with Gasteiger partial charge >= 0.3 is 0 Å². The molecule has 3 heterocycles. The van der Waals surface area contributed by atoms with Crippen LogP contribution in [0.5, 0.6) is 0 Å². The number of pyridine rings is 1. The molecule has 2 fully saturated rings. The van der Waals surface area contributed by atoms with Gasteiger partial charge in [0.1, 0.15) is 5.82 Å². The van der Waals surface area contributed by atoms with Crippen molar-refractivity contribution in [2.75, 3.05) is 32.5 Å². The summed E-state index contributed by atoms with van der Waals surface area (Å²) in [5.41, 5.74) is 6.92. The van der Waals surface area contributed by atoms with Crippen LogP contribution in [0.15, 0.2) is 12.3 Å². The number of aromatic nitrogens is 1. The Labute approximate surface area is 124 Å². The summed E-state index contributed by atoms with van der Waals surface area (Å²) >= 11 is 6.05. The summed E-state index contributed by atoms with van der Waals surface area (Å²) in [6, 6.07) is 2.49. The van der Waals surface area contributed by atoms with Crippen molar-refractivity contribution in [1.82, 2.24) is 15.2 Å². The van der Waals surface area contributed by atoms with E-state index in [0.717, 1.165) is 18.7 Å². The molecule has 0 aromatic carbocycles. The van der Waals surface area contributed by atoms with Gasteiger partial charge in [0, 0.05) is 24.3 Å². The highest BCUT2D eigenvalue weighted by molar-refractivity contribution is 6.30. The lowest BCUT2D eigenvalue weighted by Crippen LogP contribution is -2.50. The molecule has 1 aromatic rings. The van der Waals surface area contributed by atoms with Gasteiger partial charge in [-0.1, -0.05) is 11.6 Å². The molecule has 2 aliphatic rings. The fourth-order valence-corrected chi connectivity index (χ4v) is 3.47. The molecule has 3 N–H and O–H groups in total. The summed E-state index contributed by atoms with van der Waals surface area (Å²) in [5.74, 6) is 0.515. The molecule has 110 valence electrons. The Morgan fingerprint density at radius 3 is 3.25 bits per heavy atom. The molecule has 3 atom stereocenters. The summed E-state index contributed by atoms with van der Waals surface area (Å²) in [4.78, 5) is 6.67. The highest BCUT2D eigenvalue weighted by Crippen LogP contribution is 2.31. The lowest BCUT2D eigenvalue weighted by molar-refractivity contribution is -0.0642. The maximum absolute atomic E-state index is 6.06. The fraction of sp³-hybridized carbons (Fsp3) is 0.643. The summed E-state index contributed by atoms with van der Waals surface area (Å²) in [6.07, 6.45) is 4.17. The number of hydrogen-bond donors (Lipinski definition) is 2. The van der Waals surface area contributed by atoms with E-state index in [2.05, 4.69) is 15.2 Å². The minimum atomic E-state index is 0.0164. The van der Waals surface area contributed by atoms with Crippen molar-refractivity contribution < 1.29 is 4.74 Å². The van der Waals surface area contributed by atoms with Crippen molar-refractivity contribution in [1.29, 1.82) is 0 Å². The molecule has 0 saturated carbocycles. The van der Waals surface area contributed by atoms with Gasteiger partial charge in [0.15, 0.2) is 0 Å². The molecular formula is C14H21ClN4O. The van der Waals surface area contributed by atoms with E-state index in [4.69, 9.17) is 22.1 Å². The number of nitrogens with two attached hydrogens (primary N) is 1. The van der Waals surface area contributed by atoms with Crippen molar-refractivity contribution in [2.45, 2.75) is 31.0 Å². The standard InChI is InChI=1S/C14H21ClN4O/c1-17-13(11-5-9(15)6-18-14(11)16)12-7-19-4-2-3-10(19)8-20-12/h5-6,10,12-13,17H,2-4,7-8H2,1H3,(H2,16,18). The van der Waals surface area contributed by atoms with Crippen molar-refractivity contribution in [3.8, 4) is 0 Å². The number of fused-ring (bicyclic) bond motifs is 1. The number of halogens is 1. The van der Waals surface area contributed by atoms with E-state index >= 15 is 0 Å². The third-order valence-electron chi connectivity index (χ3n) is 4.35. The minimum Gasteiger partial charge on any atom is -0.383 e. The maximum atomic E-state index is 6.06. The Bertz CT molecular complexity index is 484. The molecule has 5 nitrogen and oxygen atoms in total. The van der Waals surface area contributed by atoms with Gasteiger partial charge in [-0.25, -0.2) is 4.98 Å². The second kappa shape index (κ2) is 5.85. The van der Waals surface area contributed by atoms with Crippen molar-refractivity contribution in [2.24, 2.45) is 0 Å². The lowest BCUT2D eigenvalue weighted by Gasteiger charge is -2.39. The quantitative estimate of drug-likeness (QED) is 0.884. The molecule has 0 bridgehead atoms. The highest BCUT2D eigenvalue weighted by atomic mass is 35.5. The van der Waals surface area contributed by atoms with E-state index in [1.165, 1.54) is 19.4 Å². The van der Waals surface area contributed by atoms with Crippen LogP contribution in [-0.4, -0.2) is 48.8 Å². The third-order valence-corrected chi connectivity index (χ3v) is 4.56. The smallest absolute Gasteiger partial charge is 0.128 e. The molecule has 0 amide bonds. The van der Waals surface area contributed by atoms with Crippen LogP contribution < -0.4 is 11.1 Å². The number of likely N-dealkylation sites (N-methyl/N-ethyl adjacent to an activating group) is 1. The van der Waals surface area contributed by atoms with Crippen LogP contribution in [0.2, 0.25) is 5.02 Å². The number of hydrogen-bond acceptors (Lipinski definition) is 5. The molecule has 2 aliphatic heterocycles. The first-order valence-corrected chi connectivity index (χ1v) is 7.50. The molecular weight excluding hydrogens is 276 g/mol. The number of rotatable bonds is 3. The molecule has 3 unspecified atom stereocenters. The van der Waals surface area contributed by atoms with Gasteiger partial charge in [-0.3, -0.25) is 4.90 Å². The SMILES string of the molecule is CNC(c1cc(Cl)cnc1N)C1CN2CCCC2CO1. The summed E-state index contributed by atoms with van der Waals surface area (Å²) in [6.45, 7) is 2.91. The first kappa shape index (κ1) is 14.1. The third kappa shape index (κ3) is 2.63. The normalized spacial score (nSPS) is 28.3. The van der Waals surface area contributed by atoms with Gasteiger partial charge in [-0.2, -0.15) is 0 Å². The molecule has 0 radical (unpaired) electrons. The van der Waals surface area contributed by atoms with Crippen LogP contribution in [0.3, 0.4) is 0 Å². The molecule has 0 spiro atoms. The first-order valence-electron chi connectivity index (χ1n) is 7.13. The Kier molecular flexibility index (Phi) is 4.12. The summed E-state index contributed by atoms with van der Waals surface area (Å²) < 4.78 is 6.06. The van der Waals surface area contributed by atoms with E-state index in [9.17, 15) is 0 Å². The van der Waals surface area contributed by atoms with E-state index in [-0.39, 0.29) is 12.1 Å². The van der Waals surface area contributed by atoms with Gasteiger partial charge in [0.05, 0.1) is 23.8 Å².